The predicted octanol–water partition coefficient (Wildman–Crippen LogP) is 3.53. The van der Waals surface area contributed by atoms with Gasteiger partial charge in [0.1, 0.15) is 4.75 Å². The minimum atomic E-state index is -0.381. The molecule has 4 heteroatoms. The normalized spacial score (nSPS) is 24.2. The number of hydrogen-bond donors (Lipinski definition) is 1. The first kappa shape index (κ1) is 14.1. The van der Waals surface area contributed by atoms with Crippen LogP contribution < -0.4 is 5.32 Å². The fourth-order valence-electron chi connectivity index (χ4n) is 2.20. The van der Waals surface area contributed by atoms with Crippen LogP contribution in [-0.4, -0.2) is 15.8 Å². The van der Waals surface area contributed by atoms with Gasteiger partial charge in [-0.15, -0.1) is 0 Å². The monoisotopic (exact) mass is 276 g/mol. The summed E-state index contributed by atoms with van der Waals surface area (Å²) in [5, 5.41) is 4.08. The summed E-state index contributed by atoms with van der Waals surface area (Å²) in [6, 6.07) is 10.3. The molecule has 0 aliphatic carbocycles. The zero-order valence-corrected chi connectivity index (χ0v) is 12.5. The van der Waals surface area contributed by atoms with E-state index in [9.17, 15) is 4.79 Å². The van der Waals surface area contributed by atoms with Crippen LogP contribution in [0.25, 0.3) is 0 Å². The molecule has 1 aromatic rings. The van der Waals surface area contributed by atoms with Crippen molar-refractivity contribution < 1.29 is 4.79 Å². The van der Waals surface area contributed by atoms with Gasteiger partial charge in [-0.05, 0) is 25.8 Å². The van der Waals surface area contributed by atoms with Crippen molar-refractivity contribution in [2.75, 3.05) is 0 Å². The first-order chi connectivity index (χ1) is 9.05. The SMILES string of the molecule is CCCC1(C)SC(N[C@@H](C)c2ccccc2)=NC1=O. The molecule has 1 amide bonds. The zero-order valence-electron chi connectivity index (χ0n) is 11.6. The van der Waals surface area contributed by atoms with Gasteiger partial charge < -0.3 is 5.32 Å². The number of amidine groups is 1. The molecule has 1 unspecified atom stereocenters. The Hall–Kier alpha value is -1.29. The van der Waals surface area contributed by atoms with Crippen LogP contribution in [0, 0.1) is 0 Å². The molecule has 1 aliphatic heterocycles. The van der Waals surface area contributed by atoms with Crippen LogP contribution in [0.15, 0.2) is 35.3 Å². The molecule has 2 rings (SSSR count). The lowest BCUT2D eigenvalue weighted by atomic mass is 10.1. The van der Waals surface area contributed by atoms with Gasteiger partial charge in [-0.2, -0.15) is 4.99 Å². The highest BCUT2D eigenvalue weighted by molar-refractivity contribution is 8.16. The predicted molar refractivity (Wildman–Crippen MR) is 81.3 cm³/mol. The smallest absolute Gasteiger partial charge is 0.264 e. The average Bonchev–Trinajstić information content (AvgIpc) is 2.66. The Morgan fingerprint density at radius 3 is 2.68 bits per heavy atom. The molecule has 1 aromatic carbocycles. The fraction of sp³-hybridized carbons (Fsp3) is 0.467. The Bertz CT molecular complexity index is 486. The molecule has 19 heavy (non-hydrogen) atoms. The number of nitrogens with zero attached hydrogens (tertiary/aromatic N) is 1. The first-order valence-electron chi connectivity index (χ1n) is 6.69. The van der Waals surface area contributed by atoms with Crippen LogP contribution in [0.4, 0.5) is 0 Å². The lowest BCUT2D eigenvalue weighted by molar-refractivity contribution is -0.119. The average molecular weight is 276 g/mol. The topological polar surface area (TPSA) is 41.5 Å². The van der Waals surface area contributed by atoms with Gasteiger partial charge in [-0.3, -0.25) is 4.79 Å². The lowest BCUT2D eigenvalue weighted by Crippen LogP contribution is -2.28. The third-order valence-corrected chi connectivity index (χ3v) is 4.58. The van der Waals surface area contributed by atoms with Crippen LogP contribution in [0.1, 0.15) is 45.2 Å². The van der Waals surface area contributed by atoms with E-state index in [1.54, 1.807) is 11.8 Å². The number of amides is 1. The van der Waals surface area contributed by atoms with Gasteiger partial charge in [0.2, 0.25) is 0 Å². The highest BCUT2D eigenvalue weighted by Crippen LogP contribution is 2.37. The van der Waals surface area contributed by atoms with E-state index >= 15 is 0 Å². The summed E-state index contributed by atoms with van der Waals surface area (Å²) >= 11 is 1.56. The highest BCUT2D eigenvalue weighted by atomic mass is 32.2. The van der Waals surface area contributed by atoms with E-state index in [1.165, 1.54) is 5.56 Å². The maximum absolute atomic E-state index is 12.0. The van der Waals surface area contributed by atoms with Crippen molar-refractivity contribution in [2.24, 2.45) is 4.99 Å². The van der Waals surface area contributed by atoms with Gasteiger partial charge >= 0.3 is 0 Å². The van der Waals surface area contributed by atoms with Crippen LogP contribution in [0.3, 0.4) is 0 Å². The van der Waals surface area contributed by atoms with Crippen molar-refractivity contribution >= 4 is 22.8 Å². The molecule has 0 spiro atoms. The second-order valence-electron chi connectivity index (χ2n) is 5.08. The van der Waals surface area contributed by atoms with Gasteiger partial charge in [0.25, 0.3) is 5.91 Å². The summed E-state index contributed by atoms with van der Waals surface area (Å²) in [6.45, 7) is 6.16. The van der Waals surface area contributed by atoms with Crippen molar-refractivity contribution in [1.29, 1.82) is 0 Å². The van der Waals surface area contributed by atoms with E-state index in [0.717, 1.165) is 18.0 Å². The van der Waals surface area contributed by atoms with Gasteiger partial charge in [-0.25, -0.2) is 0 Å². The Morgan fingerprint density at radius 1 is 1.37 bits per heavy atom. The summed E-state index contributed by atoms with van der Waals surface area (Å²) in [5.41, 5.74) is 1.20. The van der Waals surface area contributed by atoms with E-state index in [0.29, 0.717) is 0 Å². The number of benzene rings is 1. The summed E-state index contributed by atoms with van der Waals surface area (Å²) < 4.78 is -0.381. The summed E-state index contributed by atoms with van der Waals surface area (Å²) in [5.74, 6) is -0.0119. The second kappa shape index (κ2) is 5.78. The Balaban J connectivity index is 2.02. The first-order valence-corrected chi connectivity index (χ1v) is 7.50. The molecule has 0 aromatic heterocycles. The van der Waals surface area contributed by atoms with Crippen molar-refractivity contribution in [3.05, 3.63) is 35.9 Å². The number of nitrogens with one attached hydrogen (secondary N) is 1. The molecule has 1 aliphatic rings. The molecular weight excluding hydrogens is 256 g/mol. The Labute approximate surface area is 118 Å². The molecule has 1 N–H and O–H groups in total. The van der Waals surface area contributed by atoms with Gasteiger partial charge in [0.15, 0.2) is 5.17 Å². The maximum Gasteiger partial charge on any atom is 0.264 e. The quantitative estimate of drug-likeness (QED) is 0.914. The van der Waals surface area contributed by atoms with Crippen molar-refractivity contribution in [2.45, 2.75) is 44.4 Å². The Morgan fingerprint density at radius 2 is 2.05 bits per heavy atom. The third kappa shape index (κ3) is 3.18. The van der Waals surface area contributed by atoms with Crippen molar-refractivity contribution in [1.82, 2.24) is 5.32 Å². The number of carbonyl (C=O) groups excluding carboxylic acids is 1. The van der Waals surface area contributed by atoms with Gasteiger partial charge in [0.05, 0.1) is 6.04 Å². The number of carbonyl (C=O) groups is 1. The largest absolute Gasteiger partial charge is 0.358 e. The number of hydrogen-bond acceptors (Lipinski definition) is 3. The number of aliphatic imine (C=N–C) groups is 1. The summed E-state index contributed by atoms with van der Waals surface area (Å²) in [7, 11) is 0. The standard InChI is InChI=1S/C15H20N2OS/c1-4-10-15(3)13(18)17-14(19-15)16-11(2)12-8-6-5-7-9-12/h5-9,11H,4,10H2,1-3H3,(H,16,17,18)/t11-,15?/m0/s1. The van der Waals surface area contributed by atoms with Gasteiger partial charge in [-0.1, -0.05) is 55.4 Å². The van der Waals surface area contributed by atoms with Crippen molar-refractivity contribution in [3.63, 3.8) is 0 Å². The van der Waals surface area contributed by atoms with E-state index < -0.39 is 0 Å². The maximum atomic E-state index is 12.0. The zero-order chi connectivity index (χ0) is 13.9. The minimum Gasteiger partial charge on any atom is -0.358 e. The summed E-state index contributed by atoms with van der Waals surface area (Å²) in [4.78, 5) is 16.1. The molecule has 0 saturated carbocycles. The molecule has 0 bridgehead atoms. The van der Waals surface area contributed by atoms with E-state index in [4.69, 9.17) is 0 Å². The van der Waals surface area contributed by atoms with E-state index in [1.807, 2.05) is 25.1 Å². The molecule has 2 atom stereocenters. The molecule has 0 fully saturated rings. The molecule has 1 heterocycles. The summed E-state index contributed by atoms with van der Waals surface area (Å²) in [6.07, 6.45) is 1.86. The van der Waals surface area contributed by atoms with Crippen LogP contribution >= 0.6 is 11.8 Å². The van der Waals surface area contributed by atoms with Crippen LogP contribution in [0.5, 0.6) is 0 Å². The van der Waals surface area contributed by atoms with Crippen LogP contribution in [-0.2, 0) is 4.79 Å². The minimum absolute atomic E-state index is 0.0119. The molecular formula is C15H20N2OS. The third-order valence-electron chi connectivity index (χ3n) is 3.34. The highest BCUT2D eigenvalue weighted by Gasteiger charge is 2.40. The number of rotatable bonds is 4. The molecule has 102 valence electrons. The lowest BCUT2D eigenvalue weighted by Gasteiger charge is -2.20. The fourth-order valence-corrected chi connectivity index (χ4v) is 3.43. The van der Waals surface area contributed by atoms with Gasteiger partial charge in [0, 0.05) is 0 Å². The second-order valence-corrected chi connectivity index (χ2v) is 6.57. The molecule has 0 radical (unpaired) electrons. The van der Waals surface area contributed by atoms with E-state index in [-0.39, 0.29) is 16.7 Å². The molecule has 0 saturated heterocycles. The Kier molecular flexibility index (Phi) is 4.30. The molecule has 3 nitrogen and oxygen atoms in total. The van der Waals surface area contributed by atoms with E-state index in [2.05, 4.69) is 36.3 Å². The van der Waals surface area contributed by atoms with Crippen molar-refractivity contribution in [3.8, 4) is 0 Å². The number of thioether (sulfide) groups is 1. The van der Waals surface area contributed by atoms with Crippen LogP contribution in [0.2, 0.25) is 0 Å².